The number of benzene rings is 1. The standard InChI is InChI=1S/C12H9Br2N3O3/c1-16-6-7(13)4-11(16)12(18)15-10-3-2-8(17(19)20)5-9(10)14/h2-6H,1H3,(H,15,18). The van der Waals surface area contributed by atoms with Gasteiger partial charge in [0.1, 0.15) is 5.69 Å². The van der Waals surface area contributed by atoms with Crippen molar-refractivity contribution in [2.45, 2.75) is 0 Å². The Morgan fingerprint density at radius 2 is 2.05 bits per heavy atom. The molecule has 0 radical (unpaired) electrons. The highest BCUT2D eigenvalue weighted by atomic mass is 79.9. The van der Waals surface area contributed by atoms with E-state index in [0.717, 1.165) is 4.47 Å². The number of carbonyl (C=O) groups is 1. The van der Waals surface area contributed by atoms with Crippen molar-refractivity contribution in [1.82, 2.24) is 4.57 Å². The second-order valence-electron chi connectivity index (χ2n) is 4.03. The molecular weight excluding hydrogens is 394 g/mol. The molecule has 1 aromatic carbocycles. The first-order valence-corrected chi connectivity index (χ1v) is 7.04. The van der Waals surface area contributed by atoms with E-state index in [1.54, 1.807) is 23.9 Å². The first-order chi connectivity index (χ1) is 9.38. The van der Waals surface area contributed by atoms with Gasteiger partial charge in [-0.3, -0.25) is 14.9 Å². The SMILES string of the molecule is Cn1cc(Br)cc1C(=O)Nc1ccc([N+](=O)[O-])cc1Br. The van der Waals surface area contributed by atoms with E-state index in [4.69, 9.17) is 0 Å². The Bertz CT molecular complexity index is 697. The zero-order valence-corrected chi connectivity index (χ0v) is 13.4. The number of aromatic nitrogens is 1. The molecule has 0 saturated heterocycles. The van der Waals surface area contributed by atoms with Crippen LogP contribution in [0, 0.1) is 10.1 Å². The molecule has 0 aliphatic heterocycles. The van der Waals surface area contributed by atoms with E-state index >= 15 is 0 Å². The highest BCUT2D eigenvalue weighted by Crippen LogP contribution is 2.27. The summed E-state index contributed by atoms with van der Waals surface area (Å²) in [6.07, 6.45) is 1.76. The summed E-state index contributed by atoms with van der Waals surface area (Å²) in [5.41, 5.74) is 0.900. The number of hydrogen-bond acceptors (Lipinski definition) is 3. The van der Waals surface area contributed by atoms with E-state index in [-0.39, 0.29) is 11.6 Å². The molecule has 0 atom stereocenters. The van der Waals surface area contributed by atoms with E-state index in [9.17, 15) is 14.9 Å². The number of aryl methyl sites for hydroxylation is 1. The molecule has 0 fully saturated rings. The summed E-state index contributed by atoms with van der Waals surface area (Å²) in [5.74, 6) is -0.298. The van der Waals surface area contributed by atoms with Crippen LogP contribution in [-0.2, 0) is 7.05 Å². The zero-order valence-electron chi connectivity index (χ0n) is 10.3. The molecule has 6 nitrogen and oxygen atoms in total. The van der Waals surface area contributed by atoms with Gasteiger partial charge in [0.15, 0.2) is 0 Å². The van der Waals surface area contributed by atoms with Gasteiger partial charge in [-0.05, 0) is 44.0 Å². The van der Waals surface area contributed by atoms with Crippen molar-refractivity contribution in [3.8, 4) is 0 Å². The summed E-state index contributed by atoms with van der Waals surface area (Å²) in [6.45, 7) is 0. The molecule has 8 heteroatoms. The lowest BCUT2D eigenvalue weighted by atomic mass is 10.2. The number of nitrogens with zero attached hydrogens (tertiary/aromatic N) is 2. The summed E-state index contributed by atoms with van der Waals surface area (Å²) in [6, 6.07) is 5.85. The van der Waals surface area contributed by atoms with Crippen LogP contribution in [0.5, 0.6) is 0 Å². The molecule has 1 amide bonds. The maximum atomic E-state index is 12.1. The van der Waals surface area contributed by atoms with Crippen molar-refractivity contribution >= 4 is 49.1 Å². The van der Waals surface area contributed by atoms with E-state index in [1.807, 2.05) is 0 Å². The van der Waals surface area contributed by atoms with Crippen LogP contribution in [0.3, 0.4) is 0 Å². The van der Waals surface area contributed by atoms with Crippen molar-refractivity contribution in [1.29, 1.82) is 0 Å². The third kappa shape index (κ3) is 3.07. The van der Waals surface area contributed by atoms with Crippen LogP contribution in [0.2, 0.25) is 0 Å². The molecule has 2 aromatic rings. The van der Waals surface area contributed by atoms with Crippen LogP contribution >= 0.6 is 31.9 Å². The number of carbonyl (C=O) groups excluding carboxylic acids is 1. The van der Waals surface area contributed by atoms with Gasteiger partial charge >= 0.3 is 0 Å². The molecule has 0 spiro atoms. The van der Waals surface area contributed by atoms with Crippen LogP contribution in [0.1, 0.15) is 10.5 Å². The fourth-order valence-electron chi connectivity index (χ4n) is 1.66. The Balaban J connectivity index is 2.24. The maximum absolute atomic E-state index is 12.1. The lowest BCUT2D eigenvalue weighted by Crippen LogP contribution is -2.15. The van der Waals surface area contributed by atoms with Gasteiger partial charge in [-0.2, -0.15) is 0 Å². The van der Waals surface area contributed by atoms with Crippen LogP contribution in [-0.4, -0.2) is 15.4 Å². The Morgan fingerprint density at radius 3 is 2.55 bits per heavy atom. The topological polar surface area (TPSA) is 77.2 Å². The predicted octanol–water partition coefficient (Wildman–Crippen LogP) is 3.71. The Labute approximate surface area is 131 Å². The lowest BCUT2D eigenvalue weighted by Gasteiger charge is -2.07. The quantitative estimate of drug-likeness (QED) is 0.627. The average Bonchev–Trinajstić information content (AvgIpc) is 2.70. The highest BCUT2D eigenvalue weighted by molar-refractivity contribution is 9.10. The fourth-order valence-corrected chi connectivity index (χ4v) is 2.65. The molecule has 0 unspecified atom stereocenters. The molecule has 20 heavy (non-hydrogen) atoms. The smallest absolute Gasteiger partial charge is 0.272 e. The van der Waals surface area contributed by atoms with Crippen molar-refractivity contribution in [3.05, 3.63) is 55.2 Å². The number of rotatable bonds is 3. The van der Waals surface area contributed by atoms with Crippen molar-refractivity contribution in [2.24, 2.45) is 7.05 Å². The minimum Gasteiger partial charge on any atom is -0.345 e. The van der Waals surface area contributed by atoms with Crippen molar-refractivity contribution in [2.75, 3.05) is 5.32 Å². The Hall–Kier alpha value is -1.67. The number of nitrogens with one attached hydrogen (secondary N) is 1. The zero-order chi connectivity index (χ0) is 14.9. The van der Waals surface area contributed by atoms with Gasteiger partial charge in [-0.15, -0.1) is 0 Å². The van der Waals surface area contributed by atoms with Crippen LogP contribution < -0.4 is 5.32 Å². The van der Waals surface area contributed by atoms with Gasteiger partial charge in [0.2, 0.25) is 0 Å². The third-order valence-corrected chi connectivity index (χ3v) is 3.71. The molecule has 1 aromatic heterocycles. The number of non-ortho nitro benzene ring substituents is 1. The number of amides is 1. The van der Waals surface area contributed by atoms with Crippen molar-refractivity contribution < 1.29 is 9.72 Å². The molecule has 0 bridgehead atoms. The van der Waals surface area contributed by atoms with Crippen molar-refractivity contribution in [3.63, 3.8) is 0 Å². The van der Waals surface area contributed by atoms with Gasteiger partial charge in [-0.1, -0.05) is 0 Å². The van der Waals surface area contributed by atoms with Crippen LogP contribution in [0.25, 0.3) is 0 Å². The summed E-state index contributed by atoms with van der Waals surface area (Å²) >= 11 is 6.50. The summed E-state index contributed by atoms with van der Waals surface area (Å²) in [4.78, 5) is 22.3. The molecule has 0 aliphatic rings. The number of nitro benzene ring substituents is 1. The molecule has 0 aliphatic carbocycles. The summed E-state index contributed by atoms with van der Waals surface area (Å²) in [7, 11) is 1.75. The molecule has 104 valence electrons. The largest absolute Gasteiger partial charge is 0.345 e. The van der Waals surface area contributed by atoms with Gasteiger partial charge in [0.05, 0.1) is 10.6 Å². The summed E-state index contributed by atoms with van der Waals surface area (Å²) in [5, 5.41) is 13.3. The number of halogens is 2. The highest BCUT2D eigenvalue weighted by Gasteiger charge is 2.14. The van der Waals surface area contributed by atoms with Gasteiger partial charge in [-0.25, -0.2) is 0 Å². The minimum absolute atomic E-state index is 0.0449. The summed E-state index contributed by atoms with van der Waals surface area (Å²) < 4.78 is 2.93. The van der Waals surface area contributed by atoms with Crippen LogP contribution in [0.15, 0.2) is 39.4 Å². The predicted molar refractivity (Wildman–Crippen MR) is 81.9 cm³/mol. The average molecular weight is 403 g/mol. The first-order valence-electron chi connectivity index (χ1n) is 5.45. The number of hydrogen-bond donors (Lipinski definition) is 1. The normalized spacial score (nSPS) is 10.3. The van der Waals surface area contributed by atoms with E-state index in [0.29, 0.717) is 15.9 Å². The minimum atomic E-state index is -0.495. The fraction of sp³-hybridized carbons (Fsp3) is 0.0833. The molecule has 1 N–H and O–H groups in total. The molecular formula is C12H9Br2N3O3. The number of nitro groups is 1. The monoisotopic (exact) mass is 401 g/mol. The second-order valence-corrected chi connectivity index (χ2v) is 5.80. The maximum Gasteiger partial charge on any atom is 0.272 e. The third-order valence-electron chi connectivity index (χ3n) is 2.62. The molecule has 1 heterocycles. The van der Waals surface area contributed by atoms with E-state index in [1.165, 1.54) is 18.2 Å². The lowest BCUT2D eigenvalue weighted by molar-refractivity contribution is -0.384. The molecule has 2 rings (SSSR count). The number of anilines is 1. The Morgan fingerprint density at radius 1 is 1.35 bits per heavy atom. The van der Waals surface area contributed by atoms with E-state index in [2.05, 4.69) is 37.2 Å². The van der Waals surface area contributed by atoms with Gasteiger partial charge in [0, 0.05) is 34.3 Å². The first kappa shape index (κ1) is 14.7. The van der Waals surface area contributed by atoms with Gasteiger partial charge < -0.3 is 9.88 Å². The van der Waals surface area contributed by atoms with E-state index < -0.39 is 4.92 Å². The second kappa shape index (κ2) is 5.76. The van der Waals surface area contributed by atoms with Gasteiger partial charge in [0.25, 0.3) is 11.6 Å². The van der Waals surface area contributed by atoms with Crippen LogP contribution in [0.4, 0.5) is 11.4 Å². The molecule has 0 saturated carbocycles. The Kier molecular flexibility index (Phi) is 4.24.